The van der Waals surface area contributed by atoms with Gasteiger partial charge < -0.3 is 5.11 Å². The molecule has 0 aliphatic heterocycles. The van der Waals surface area contributed by atoms with E-state index in [1.807, 2.05) is 0 Å². The van der Waals surface area contributed by atoms with Gasteiger partial charge in [-0.1, -0.05) is 18.6 Å². The standard InChI is InChI=1S/C11H20O/c1-8(2)6-10-7-9(3)4-5-11(10)12/h6,9-12H,4-5,7H2,1-3H3. The molecule has 1 fully saturated rings. The van der Waals surface area contributed by atoms with E-state index >= 15 is 0 Å². The summed E-state index contributed by atoms with van der Waals surface area (Å²) in [5, 5.41) is 9.69. The third-order valence-electron chi connectivity index (χ3n) is 2.67. The molecule has 1 aliphatic rings. The predicted octanol–water partition coefficient (Wildman–Crippen LogP) is 2.75. The van der Waals surface area contributed by atoms with Crippen LogP contribution >= 0.6 is 0 Å². The van der Waals surface area contributed by atoms with Crippen LogP contribution in [0.2, 0.25) is 0 Å². The van der Waals surface area contributed by atoms with Gasteiger partial charge in [-0.05, 0) is 39.0 Å². The van der Waals surface area contributed by atoms with Crippen LogP contribution in [0.3, 0.4) is 0 Å². The van der Waals surface area contributed by atoms with E-state index in [1.165, 1.54) is 12.0 Å². The second-order valence-electron chi connectivity index (χ2n) is 4.39. The van der Waals surface area contributed by atoms with E-state index in [1.54, 1.807) is 0 Å². The molecule has 1 nitrogen and oxygen atoms in total. The summed E-state index contributed by atoms with van der Waals surface area (Å²) in [7, 11) is 0. The maximum atomic E-state index is 9.69. The third-order valence-corrected chi connectivity index (χ3v) is 2.67. The highest BCUT2D eigenvalue weighted by Crippen LogP contribution is 2.30. The van der Waals surface area contributed by atoms with E-state index in [0.717, 1.165) is 18.8 Å². The zero-order valence-corrected chi connectivity index (χ0v) is 8.38. The van der Waals surface area contributed by atoms with Gasteiger partial charge in [-0.2, -0.15) is 0 Å². The number of allylic oxidation sites excluding steroid dienone is 1. The first-order valence-electron chi connectivity index (χ1n) is 4.92. The van der Waals surface area contributed by atoms with Crippen molar-refractivity contribution in [3.63, 3.8) is 0 Å². The topological polar surface area (TPSA) is 20.2 Å². The van der Waals surface area contributed by atoms with E-state index < -0.39 is 0 Å². The molecule has 3 atom stereocenters. The van der Waals surface area contributed by atoms with Crippen LogP contribution in [-0.2, 0) is 0 Å². The Labute approximate surface area is 75.5 Å². The van der Waals surface area contributed by atoms with Gasteiger partial charge in [0.05, 0.1) is 6.10 Å². The van der Waals surface area contributed by atoms with Gasteiger partial charge in [0.2, 0.25) is 0 Å². The zero-order valence-electron chi connectivity index (χ0n) is 8.38. The lowest BCUT2D eigenvalue weighted by Gasteiger charge is -2.29. The number of aliphatic hydroxyl groups excluding tert-OH is 1. The Morgan fingerprint density at radius 3 is 2.58 bits per heavy atom. The summed E-state index contributed by atoms with van der Waals surface area (Å²) in [6.07, 6.45) is 5.47. The first kappa shape index (κ1) is 9.79. The highest BCUT2D eigenvalue weighted by Gasteiger charge is 2.24. The summed E-state index contributed by atoms with van der Waals surface area (Å²) >= 11 is 0. The minimum absolute atomic E-state index is 0.0869. The lowest BCUT2D eigenvalue weighted by molar-refractivity contribution is 0.0741. The Hall–Kier alpha value is -0.300. The van der Waals surface area contributed by atoms with Gasteiger partial charge >= 0.3 is 0 Å². The molecule has 0 bridgehead atoms. The van der Waals surface area contributed by atoms with E-state index in [2.05, 4.69) is 26.8 Å². The molecule has 0 saturated heterocycles. The average Bonchev–Trinajstić information content (AvgIpc) is 1.96. The van der Waals surface area contributed by atoms with Crippen LogP contribution in [0.1, 0.15) is 40.0 Å². The van der Waals surface area contributed by atoms with Crippen molar-refractivity contribution in [1.29, 1.82) is 0 Å². The molecule has 3 unspecified atom stereocenters. The molecule has 1 heteroatoms. The number of hydrogen-bond acceptors (Lipinski definition) is 1. The normalized spacial score (nSPS) is 36.2. The Kier molecular flexibility index (Phi) is 3.33. The first-order chi connectivity index (χ1) is 5.59. The van der Waals surface area contributed by atoms with E-state index in [4.69, 9.17) is 0 Å². The SMILES string of the molecule is CC(C)=CC1CC(C)CCC1O. The molecule has 0 aromatic heterocycles. The molecule has 0 aromatic rings. The van der Waals surface area contributed by atoms with Crippen molar-refractivity contribution in [3.8, 4) is 0 Å². The molecule has 1 aliphatic carbocycles. The molecule has 1 N–H and O–H groups in total. The van der Waals surface area contributed by atoms with Gasteiger partial charge in [-0.3, -0.25) is 0 Å². The molecule has 1 saturated carbocycles. The predicted molar refractivity (Wildman–Crippen MR) is 51.9 cm³/mol. The maximum absolute atomic E-state index is 9.69. The fourth-order valence-corrected chi connectivity index (χ4v) is 2.02. The lowest BCUT2D eigenvalue weighted by Crippen LogP contribution is -2.26. The Morgan fingerprint density at radius 1 is 1.33 bits per heavy atom. The number of hydrogen-bond donors (Lipinski definition) is 1. The van der Waals surface area contributed by atoms with Crippen molar-refractivity contribution < 1.29 is 5.11 Å². The second-order valence-corrected chi connectivity index (χ2v) is 4.39. The molecular weight excluding hydrogens is 148 g/mol. The summed E-state index contributed by atoms with van der Waals surface area (Å²) in [4.78, 5) is 0. The van der Waals surface area contributed by atoms with Crippen LogP contribution in [0, 0.1) is 11.8 Å². The van der Waals surface area contributed by atoms with Crippen molar-refractivity contribution in [1.82, 2.24) is 0 Å². The summed E-state index contributed by atoms with van der Waals surface area (Å²) in [6, 6.07) is 0. The van der Waals surface area contributed by atoms with Gasteiger partial charge in [-0.25, -0.2) is 0 Å². The maximum Gasteiger partial charge on any atom is 0.0603 e. The molecule has 0 amide bonds. The summed E-state index contributed by atoms with van der Waals surface area (Å²) < 4.78 is 0. The quantitative estimate of drug-likeness (QED) is 0.597. The number of rotatable bonds is 1. The molecule has 0 spiro atoms. The van der Waals surface area contributed by atoms with Gasteiger partial charge in [0.1, 0.15) is 0 Å². The number of aliphatic hydroxyl groups is 1. The van der Waals surface area contributed by atoms with Crippen molar-refractivity contribution in [2.45, 2.75) is 46.1 Å². The molecule has 0 radical (unpaired) electrons. The highest BCUT2D eigenvalue weighted by atomic mass is 16.3. The van der Waals surface area contributed by atoms with Crippen LogP contribution in [0.25, 0.3) is 0 Å². The molecule has 0 aromatic carbocycles. The van der Waals surface area contributed by atoms with Crippen LogP contribution in [0.15, 0.2) is 11.6 Å². The van der Waals surface area contributed by atoms with Crippen LogP contribution in [-0.4, -0.2) is 11.2 Å². The minimum Gasteiger partial charge on any atom is -0.393 e. The zero-order chi connectivity index (χ0) is 9.14. The minimum atomic E-state index is -0.0869. The summed E-state index contributed by atoms with van der Waals surface area (Å²) in [5.74, 6) is 1.20. The Balaban J connectivity index is 2.55. The van der Waals surface area contributed by atoms with Crippen LogP contribution < -0.4 is 0 Å². The third kappa shape index (κ3) is 2.63. The highest BCUT2D eigenvalue weighted by molar-refractivity contribution is 5.01. The fraction of sp³-hybridized carbons (Fsp3) is 0.818. The van der Waals surface area contributed by atoms with E-state index in [-0.39, 0.29) is 6.10 Å². The summed E-state index contributed by atoms with van der Waals surface area (Å²) in [5.41, 5.74) is 1.33. The Morgan fingerprint density at radius 2 is 2.00 bits per heavy atom. The van der Waals surface area contributed by atoms with E-state index in [9.17, 15) is 5.11 Å². The van der Waals surface area contributed by atoms with Crippen LogP contribution in [0.4, 0.5) is 0 Å². The van der Waals surface area contributed by atoms with Crippen molar-refractivity contribution in [2.75, 3.05) is 0 Å². The van der Waals surface area contributed by atoms with Gasteiger partial charge in [0.15, 0.2) is 0 Å². The Bertz CT molecular complexity index is 168. The fourth-order valence-electron chi connectivity index (χ4n) is 2.02. The monoisotopic (exact) mass is 168 g/mol. The molecule has 0 heterocycles. The first-order valence-corrected chi connectivity index (χ1v) is 4.92. The molecule has 12 heavy (non-hydrogen) atoms. The van der Waals surface area contributed by atoms with Gasteiger partial charge in [0, 0.05) is 5.92 Å². The smallest absolute Gasteiger partial charge is 0.0603 e. The van der Waals surface area contributed by atoms with Crippen molar-refractivity contribution in [2.24, 2.45) is 11.8 Å². The van der Waals surface area contributed by atoms with Crippen LogP contribution in [0.5, 0.6) is 0 Å². The average molecular weight is 168 g/mol. The largest absolute Gasteiger partial charge is 0.393 e. The van der Waals surface area contributed by atoms with Gasteiger partial charge in [0.25, 0.3) is 0 Å². The molecule has 1 rings (SSSR count). The molecular formula is C11H20O. The van der Waals surface area contributed by atoms with E-state index in [0.29, 0.717) is 5.92 Å². The van der Waals surface area contributed by atoms with Crippen molar-refractivity contribution in [3.05, 3.63) is 11.6 Å². The van der Waals surface area contributed by atoms with Gasteiger partial charge in [-0.15, -0.1) is 0 Å². The van der Waals surface area contributed by atoms with Crippen molar-refractivity contribution >= 4 is 0 Å². The summed E-state index contributed by atoms with van der Waals surface area (Å²) in [6.45, 7) is 6.48. The second kappa shape index (κ2) is 4.08. The molecule has 70 valence electrons. The lowest BCUT2D eigenvalue weighted by atomic mass is 9.80.